The standard InChI is InChI=1S/C8H17NOS/c1-9-7-5-3-4-6-8(7)11(2)10/h7-9H,3-6H2,1-2H3. The van der Waals surface area contributed by atoms with E-state index in [-0.39, 0.29) is 0 Å². The molecule has 0 amide bonds. The molecule has 66 valence electrons. The van der Waals surface area contributed by atoms with Gasteiger partial charge in [0.2, 0.25) is 0 Å². The second-order valence-electron chi connectivity index (χ2n) is 3.22. The van der Waals surface area contributed by atoms with Crippen LogP contribution in [0.15, 0.2) is 0 Å². The van der Waals surface area contributed by atoms with Crippen molar-refractivity contribution in [3.05, 3.63) is 0 Å². The second kappa shape index (κ2) is 4.21. The summed E-state index contributed by atoms with van der Waals surface area (Å²) in [5, 5.41) is 3.64. The number of rotatable bonds is 2. The van der Waals surface area contributed by atoms with Crippen LogP contribution < -0.4 is 5.32 Å². The van der Waals surface area contributed by atoms with Crippen LogP contribution in [0.4, 0.5) is 0 Å². The SMILES string of the molecule is CNC1CCCCC1S(C)=O. The first-order chi connectivity index (χ1) is 5.25. The molecular weight excluding hydrogens is 158 g/mol. The van der Waals surface area contributed by atoms with E-state index in [4.69, 9.17) is 0 Å². The first-order valence-electron chi connectivity index (χ1n) is 4.25. The largest absolute Gasteiger partial charge is 0.316 e. The second-order valence-corrected chi connectivity index (χ2v) is 4.82. The van der Waals surface area contributed by atoms with Crippen molar-refractivity contribution in [2.24, 2.45) is 0 Å². The van der Waals surface area contributed by atoms with Crippen molar-refractivity contribution in [3.8, 4) is 0 Å². The van der Waals surface area contributed by atoms with Gasteiger partial charge in [0.15, 0.2) is 0 Å². The zero-order chi connectivity index (χ0) is 8.27. The minimum absolute atomic E-state index is 0.397. The predicted octanol–water partition coefficient (Wildman–Crippen LogP) is 0.895. The van der Waals surface area contributed by atoms with Crippen molar-refractivity contribution in [1.82, 2.24) is 5.32 Å². The lowest BCUT2D eigenvalue weighted by Gasteiger charge is -2.29. The molecule has 0 heterocycles. The molecule has 2 nitrogen and oxygen atoms in total. The maximum absolute atomic E-state index is 11.2. The molecule has 0 aromatic carbocycles. The summed E-state index contributed by atoms with van der Waals surface area (Å²) in [4.78, 5) is 0. The average molecular weight is 175 g/mol. The highest BCUT2D eigenvalue weighted by Gasteiger charge is 2.26. The van der Waals surface area contributed by atoms with E-state index < -0.39 is 10.8 Å². The van der Waals surface area contributed by atoms with Crippen molar-refractivity contribution < 1.29 is 4.21 Å². The quantitative estimate of drug-likeness (QED) is 0.675. The third-order valence-electron chi connectivity index (χ3n) is 2.50. The van der Waals surface area contributed by atoms with Gasteiger partial charge in [-0.1, -0.05) is 12.8 Å². The molecule has 3 unspecified atom stereocenters. The minimum Gasteiger partial charge on any atom is -0.316 e. The topological polar surface area (TPSA) is 29.1 Å². The molecule has 1 fully saturated rings. The van der Waals surface area contributed by atoms with Gasteiger partial charge in [-0.15, -0.1) is 0 Å². The molecule has 1 aliphatic rings. The lowest BCUT2D eigenvalue weighted by molar-refractivity contribution is 0.400. The highest BCUT2D eigenvalue weighted by atomic mass is 32.2. The number of hydrogen-bond acceptors (Lipinski definition) is 2. The Labute approximate surface area is 71.2 Å². The van der Waals surface area contributed by atoms with Crippen LogP contribution in [0.2, 0.25) is 0 Å². The summed E-state index contributed by atoms with van der Waals surface area (Å²) in [5.74, 6) is 0. The van der Waals surface area contributed by atoms with Crippen LogP contribution in [0, 0.1) is 0 Å². The normalized spacial score (nSPS) is 35.1. The molecule has 0 aromatic heterocycles. The molecular formula is C8H17NOS. The van der Waals surface area contributed by atoms with E-state index in [9.17, 15) is 4.21 Å². The van der Waals surface area contributed by atoms with Crippen LogP contribution in [0.5, 0.6) is 0 Å². The summed E-state index contributed by atoms with van der Waals surface area (Å²) in [7, 11) is 1.32. The van der Waals surface area contributed by atoms with Gasteiger partial charge in [-0.3, -0.25) is 4.21 Å². The van der Waals surface area contributed by atoms with Crippen LogP contribution in [-0.2, 0) is 10.8 Å². The molecule has 1 rings (SSSR count). The van der Waals surface area contributed by atoms with Gasteiger partial charge in [0.1, 0.15) is 0 Å². The van der Waals surface area contributed by atoms with E-state index >= 15 is 0 Å². The van der Waals surface area contributed by atoms with Crippen LogP contribution in [-0.4, -0.2) is 28.8 Å². The molecule has 0 saturated heterocycles. The van der Waals surface area contributed by atoms with Gasteiger partial charge in [0, 0.05) is 28.3 Å². The Morgan fingerprint density at radius 2 is 2.00 bits per heavy atom. The molecule has 1 saturated carbocycles. The maximum atomic E-state index is 11.2. The third-order valence-corrected chi connectivity index (χ3v) is 3.92. The van der Waals surface area contributed by atoms with Gasteiger partial charge in [-0.05, 0) is 19.9 Å². The van der Waals surface area contributed by atoms with Crippen molar-refractivity contribution in [2.75, 3.05) is 13.3 Å². The lowest BCUT2D eigenvalue weighted by Crippen LogP contribution is -2.42. The van der Waals surface area contributed by atoms with Gasteiger partial charge < -0.3 is 5.32 Å². The van der Waals surface area contributed by atoms with E-state index in [1.807, 2.05) is 13.3 Å². The summed E-state index contributed by atoms with van der Waals surface area (Å²) >= 11 is 0. The molecule has 0 aliphatic heterocycles. The molecule has 3 atom stereocenters. The lowest BCUT2D eigenvalue weighted by atomic mass is 9.95. The Morgan fingerprint density at radius 3 is 2.45 bits per heavy atom. The monoisotopic (exact) mass is 175 g/mol. The molecule has 0 bridgehead atoms. The Kier molecular flexibility index (Phi) is 3.52. The maximum Gasteiger partial charge on any atom is 0.0498 e. The van der Waals surface area contributed by atoms with Crippen molar-refractivity contribution in [1.29, 1.82) is 0 Å². The highest BCUT2D eigenvalue weighted by Crippen LogP contribution is 2.21. The van der Waals surface area contributed by atoms with Crippen LogP contribution in [0.1, 0.15) is 25.7 Å². The fraction of sp³-hybridized carbons (Fsp3) is 1.00. The van der Waals surface area contributed by atoms with Gasteiger partial charge >= 0.3 is 0 Å². The Morgan fingerprint density at radius 1 is 1.36 bits per heavy atom. The van der Waals surface area contributed by atoms with Crippen LogP contribution in [0.25, 0.3) is 0 Å². The summed E-state index contributed by atoms with van der Waals surface area (Å²) < 4.78 is 11.2. The smallest absolute Gasteiger partial charge is 0.0498 e. The Hall–Kier alpha value is 0.110. The van der Waals surface area contributed by atoms with E-state index in [0.29, 0.717) is 11.3 Å². The van der Waals surface area contributed by atoms with E-state index in [2.05, 4.69) is 5.32 Å². The molecule has 0 aromatic rings. The molecule has 0 spiro atoms. The molecule has 3 heteroatoms. The van der Waals surface area contributed by atoms with Gasteiger partial charge in [0.25, 0.3) is 0 Å². The van der Waals surface area contributed by atoms with Gasteiger partial charge in [-0.25, -0.2) is 0 Å². The summed E-state index contributed by atoms with van der Waals surface area (Å²) in [6.07, 6.45) is 6.69. The minimum atomic E-state index is -0.644. The number of hydrogen-bond donors (Lipinski definition) is 1. The molecule has 0 radical (unpaired) electrons. The fourth-order valence-electron chi connectivity index (χ4n) is 1.82. The van der Waals surface area contributed by atoms with E-state index in [1.165, 1.54) is 19.3 Å². The summed E-state index contributed by atoms with van der Waals surface area (Å²) in [6, 6.07) is 0.495. The first kappa shape index (κ1) is 9.20. The zero-order valence-electron chi connectivity index (χ0n) is 7.30. The molecule has 1 aliphatic carbocycles. The first-order valence-corrected chi connectivity index (χ1v) is 5.87. The Balaban J connectivity index is 2.51. The average Bonchev–Trinajstić information content (AvgIpc) is 2.04. The zero-order valence-corrected chi connectivity index (χ0v) is 8.12. The van der Waals surface area contributed by atoms with Crippen molar-refractivity contribution >= 4 is 10.8 Å². The van der Waals surface area contributed by atoms with Gasteiger partial charge in [0.05, 0.1) is 0 Å². The third kappa shape index (κ3) is 2.27. The highest BCUT2D eigenvalue weighted by molar-refractivity contribution is 7.85. The van der Waals surface area contributed by atoms with E-state index in [0.717, 1.165) is 6.42 Å². The summed E-state index contributed by atoms with van der Waals surface area (Å²) in [5.41, 5.74) is 0. The molecule has 11 heavy (non-hydrogen) atoms. The van der Waals surface area contributed by atoms with Crippen molar-refractivity contribution in [2.45, 2.75) is 37.0 Å². The van der Waals surface area contributed by atoms with Crippen LogP contribution in [0.3, 0.4) is 0 Å². The van der Waals surface area contributed by atoms with Crippen molar-refractivity contribution in [3.63, 3.8) is 0 Å². The predicted molar refractivity (Wildman–Crippen MR) is 49.2 cm³/mol. The summed E-state index contributed by atoms with van der Waals surface area (Å²) in [6.45, 7) is 0. The fourth-order valence-corrected chi connectivity index (χ4v) is 3.06. The molecule has 1 N–H and O–H groups in total. The van der Waals surface area contributed by atoms with Gasteiger partial charge in [-0.2, -0.15) is 0 Å². The Bertz CT molecular complexity index is 149. The van der Waals surface area contributed by atoms with Crippen LogP contribution >= 0.6 is 0 Å². The van der Waals surface area contributed by atoms with E-state index in [1.54, 1.807) is 0 Å². The number of nitrogens with one attached hydrogen (secondary N) is 1.